The second kappa shape index (κ2) is 22.5. The fourth-order valence-electron chi connectivity index (χ4n) is 7.05. The van der Waals surface area contributed by atoms with Gasteiger partial charge in [0, 0.05) is 27.2 Å². The summed E-state index contributed by atoms with van der Waals surface area (Å²) in [5, 5.41) is 154. The lowest BCUT2D eigenvalue weighted by molar-refractivity contribution is -0.382. The third-order valence-electron chi connectivity index (χ3n) is 10.0. The number of aliphatic hydroxyl groups is 13. The van der Waals surface area contributed by atoms with Crippen LogP contribution in [0.2, 0.25) is 0 Å². The van der Waals surface area contributed by atoms with E-state index in [0.29, 0.717) is 0 Å². The molecule has 3 saturated heterocycles. The summed E-state index contributed by atoms with van der Waals surface area (Å²) in [7, 11) is 0. The summed E-state index contributed by atoms with van der Waals surface area (Å²) < 4.78 is 34.2. The lowest BCUT2D eigenvalue weighted by Crippen LogP contribution is -2.71. The largest absolute Gasteiger partial charge is 0.477 e. The van der Waals surface area contributed by atoms with Crippen LogP contribution < -0.4 is 16.0 Å². The highest BCUT2D eigenvalue weighted by atomic mass is 16.8. The van der Waals surface area contributed by atoms with Gasteiger partial charge in [0.1, 0.15) is 85.4 Å². The van der Waals surface area contributed by atoms with Gasteiger partial charge in [0.05, 0.1) is 51.2 Å². The third-order valence-corrected chi connectivity index (χ3v) is 10.0. The predicted molar refractivity (Wildman–Crippen MR) is 188 cm³/mol. The Bertz CT molecular complexity index is 1420. The summed E-state index contributed by atoms with van der Waals surface area (Å²) in [4.78, 5) is 49.3. The minimum atomic E-state index is -3.16. The molecule has 0 aromatic heterocycles. The highest BCUT2D eigenvalue weighted by Gasteiger charge is 2.60. The number of amides is 3. The van der Waals surface area contributed by atoms with Crippen molar-refractivity contribution in [2.24, 2.45) is 0 Å². The van der Waals surface area contributed by atoms with Crippen molar-refractivity contribution in [3.63, 3.8) is 0 Å². The average molecular weight is 880 g/mol. The number of carbonyl (C=O) groups is 4. The second-order valence-electron chi connectivity index (χ2n) is 14.5. The van der Waals surface area contributed by atoms with E-state index >= 15 is 0 Å². The van der Waals surface area contributed by atoms with Gasteiger partial charge in [-0.2, -0.15) is 0 Å². The van der Waals surface area contributed by atoms with Crippen LogP contribution in [0.3, 0.4) is 0 Å². The molecule has 3 aliphatic heterocycles. The van der Waals surface area contributed by atoms with Gasteiger partial charge in [0.15, 0.2) is 12.6 Å². The number of ether oxygens (including phenoxy) is 6. The summed E-state index contributed by atoms with van der Waals surface area (Å²) in [6.07, 6.45) is -33.8. The van der Waals surface area contributed by atoms with Crippen molar-refractivity contribution >= 4 is 23.7 Å². The van der Waals surface area contributed by atoms with Crippen molar-refractivity contribution in [1.82, 2.24) is 16.0 Å². The smallest absolute Gasteiger partial charge is 0.364 e. The Labute approximate surface area is 340 Å². The van der Waals surface area contributed by atoms with Crippen molar-refractivity contribution in [3.8, 4) is 0 Å². The molecule has 27 nitrogen and oxygen atoms in total. The van der Waals surface area contributed by atoms with E-state index in [4.69, 9.17) is 28.4 Å². The number of nitrogens with one attached hydrogen (secondary N) is 3. The molecule has 348 valence electrons. The van der Waals surface area contributed by atoms with E-state index in [2.05, 4.69) is 16.0 Å². The van der Waals surface area contributed by atoms with Crippen LogP contribution in [0.4, 0.5) is 0 Å². The van der Waals surface area contributed by atoms with Crippen molar-refractivity contribution in [1.29, 1.82) is 0 Å². The molecule has 60 heavy (non-hydrogen) atoms. The minimum absolute atomic E-state index is 0.762. The summed E-state index contributed by atoms with van der Waals surface area (Å²) in [6.45, 7) is -2.23. The molecule has 3 aliphatic rings. The molecule has 0 aliphatic carbocycles. The molecule has 0 spiro atoms. The first kappa shape index (κ1) is 51.5. The monoisotopic (exact) mass is 879 g/mol. The maximum Gasteiger partial charge on any atom is 0.364 e. The third kappa shape index (κ3) is 12.0. The Morgan fingerprint density at radius 1 is 0.717 bits per heavy atom. The fraction of sp³-hybridized carbons (Fsp3) is 0.879. The number of aliphatic carboxylic acids is 1. The number of rotatable bonds is 20. The van der Waals surface area contributed by atoms with Crippen LogP contribution in [0.25, 0.3) is 0 Å². The van der Waals surface area contributed by atoms with E-state index in [0.717, 1.165) is 20.8 Å². The van der Waals surface area contributed by atoms with Gasteiger partial charge in [-0.3, -0.25) is 14.4 Å². The van der Waals surface area contributed by atoms with E-state index in [1.807, 2.05) is 0 Å². The highest BCUT2D eigenvalue weighted by Crippen LogP contribution is 2.38. The van der Waals surface area contributed by atoms with Gasteiger partial charge in [0.2, 0.25) is 17.7 Å². The van der Waals surface area contributed by atoms with Gasteiger partial charge >= 0.3 is 5.97 Å². The topological polar surface area (TPSA) is 443 Å². The normalized spacial score (nSPS) is 37.8. The van der Waals surface area contributed by atoms with Crippen molar-refractivity contribution in [2.45, 2.75) is 149 Å². The van der Waals surface area contributed by atoms with E-state index in [-0.39, 0.29) is 0 Å². The van der Waals surface area contributed by atoms with E-state index in [9.17, 15) is 90.7 Å². The quantitative estimate of drug-likeness (QED) is 0.0540. The van der Waals surface area contributed by atoms with Crippen LogP contribution in [0.5, 0.6) is 0 Å². The highest BCUT2D eigenvalue weighted by molar-refractivity contribution is 5.77. The summed E-state index contributed by atoms with van der Waals surface area (Å²) in [5.41, 5.74) is 0. The molecule has 3 amide bonds. The van der Waals surface area contributed by atoms with E-state index in [1.54, 1.807) is 0 Å². The van der Waals surface area contributed by atoms with Gasteiger partial charge < -0.3 is 116 Å². The predicted octanol–water partition coefficient (Wildman–Crippen LogP) is -10.5. The first-order valence-electron chi connectivity index (χ1n) is 18.6. The van der Waals surface area contributed by atoms with Crippen LogP contribution in [0.15, 0.2) is 0 Å². The Kier molecular flexibility index (Phi) is 19.3. The molecular formula is C33H57N3O24. The van der Waals surface area contributed by atoms with Gasteiger partial charge in [-0.05, 0) is 0 Å². The number of carboxylic acids is 1. The first-order valence-corrected chi connectivity index (χ1v) is 18.6. The lowest BCUT2D eigenvalue weighted by atomic mass is 9.88. The van der Waals surface area contributed by atoms with Crippen LogP contribution in [0, 0.1) is 0 Å². The number of hydrogen-bond donors (Lipinski definition) is 17. The van der Waals surface area contributed by atoms with Crippen LogP contribution in [-0.2, 0) is 47.6 Å². The number of carboxylic acid groups (broad SMARTS) is 1. The molecule has 3 heterocycles. The van der Waals surface area contributed by atoms with E-state index in [1.165, 1.54) is 0 Å². The van der Waals surface area contributed by atoms with Gasteiger partial charge in [-0.15, -0.1) is 0 Å². The van der Waals surface area contributed by atoms with Crippen molar-refractivity contribution in [3.05, 3.63) is 0 Å². The second-order valence-corrected chi connectivity index (χ2v) is 14.5. The Balaban J connectivity index is 2.07. The molecule has 0 unspecified atom stereocenters. The van der Waals surface area contributed by atoms with Crippen LogP contribution >= 0.6 is 0 Å². The molecule has 0 saturated carbocycles. The molecule has 0 bridgehead atoms. The van der Waals surface area contributed by atoms with Gasteiger partial charge in [-0.25, -0.2) is 4.79 Å². The average Bonchev–Trinajstić information content (AvgIpc) is 3.19. The molecule has 27 heteroatoms. The molecule has 0 aromatic carbocycles. The molecular weight excluding hydrogens is 822 g/mol. The summed E-state index contributed by atoms with van der Waals surface area (Å²) >= 11 is 0. The maximum atomic E-state index is 12.9. The summed E-state index contributed by atoms with van der Waals surface area (Å²) in [5.74, 6) is -7.65. The zero-order chi connectivity index (χ0) is 45.4. The SMILES string of the molecule is CC(=O)N[C@H]1[C@H](O[C@@H]([C@@H](O)[C@H](O)CO)[C@H](CO)NC(C)=O)O[C@H](CO)[C@@H](O)[C@@H]1O[C@@H]1O[C@H](CO)[C@H](O)[C@H](O[C@]2(C(=O)O)C[C@H](O)[C@@H](NC(C)=O)[C@H]([C@H](O)[C@H](O)CO)O2)[C@H]1O. The minimum Gasteiger partial charge on any atom is -0.477 e. The molecule has 0 radical (unpaired) electrons. The van der Waals surface area contributed by atoms with Gasteiger partial charge in [0.25, 0.3) is 5.79 Å². The number of hydrogen-bond acceptors (Lipinski definition) is 23. The Hall–Kier alpha value is -2.88. The zero-order valence-corrected chi connectivity index (χ0v) is 32.6. The lowest BCUT2D eigenvalue weighted by Gasteiger charge is -2.51. The Morgan fingerprint density at radius 2 is 1.25 bits per heavy atom. The molecule has 20 atom stereocenters. The molecule has 0 aromatic rings. The van der Waals surface area contributed by atoms with Crippen molar-refractivity contribution in [2.75, 3.05) is 33.0 Å². The molecule has 17 N–H and O–H groups in total. The van der Waals surface area contributed by atoms with Crippen LogP contribution in [-0.4, -0.2) is 250 Å². The van der Waals surface area contributed by atoms with Crippen LogP contribution in [0.1, 0.15) is 27.2 Å². The van der Waals surface area contributed by atoms with E-state index < -0.39 is 185 Å². The standard InChI is InChI=1S/C33H57N3O24/c1-10(42)34-13(5-37)26(21(48)15(46)6-38)57-30-20(36-12(3)44)27(23(50)17(8-40)55-30)58-31-25(52)29(24(51)18(9-41)56-31)60-33(32(53)54)4-14(45)19(35-11(2)43)28(59-33)22(49)16(47)7-39/h13-31,37-41,45-52H,4-9H2,1-3H3,(H,34,42)(H,35,43)(H,36,44)(H,53,54)/t13-,14-,15+,16+,17+,18+,19+,20+,21-,22+,23+,24-,25+,26+,27+,28+,29-,30-,31-,33-/m0/s1. The fourth-order valence-corrected chi connectivity index (χ4v) is 7.05. The van der Waals surface area contributed by atoms with Crippen molar-refractivity contribution < 1.29 is 119 Å². The number of aliphatic hydroxyl groups excluding tert-OH is 13. The zero-order valence-electron chi connectivity index (χ0n) is 32.6. The maximum absolute atomic E-state index is 12.9. The number of carbonyl (C=O) groups excluding carboxylic acids is 3. The Morgan fingerprint density at radius 3 is 1.73 bits per heavy atom. The molecule has 3 fully saturated rings. The summed E-state index contributed by atoms with van der Waals surface area (Å²) in [6, 6.07) is -4.97. The van der Waals surface area contributed by atoms with Gasteiger partial charge in [-0.1, -0.05) is 0 Å². The first-order chi connectivity index (χ1) is 28.1. The molecule has 3 rings (SSSR count).